The molecule has 0 radical (unpaired) electrons. The van der Waals surface area contributed by atoms with Crippen LogP contribution in [0.2, 0.25) is 0 Å². The highest BCUT2D eigenvalue weighted by molar-refractivity contribution is 5.76. The Bertz CT molecular complexity index is 192. The highest BCUT2D eigenvalue weighted by Crippen LogP contribution is 2.18. The van der Waals surface area contributed by atoms with Crippen LogP contribution in [0.3, 0.4) is 0 Å². The normalized spacial score (nSPS) is 26.9. The predicted molar refractivity (Wildman–Crippen MR) is 56.0 cm³/mol. The van der Waals surface area contributed by atoms with E-state index in [-0.39, 0.29) is 12.0 Å². The van der Waals surface area contributed by atoms with Crippen LogP contribution in [0.5, 0.6) is 0 Å². The largest absolute Gasteiger partial charge is 0.373 e. The summed E-state index contributed by atoms with van der Waals surface area (Å²) in [6.45, 7) is 6.85. The first kappa shape index (κ1) is 11.5. The molecule has 14 heavy (non-hydrogen) atoms. The quantitative estimate of drug-likeness (QED) is 0.748. The highest BCUT2D eigenvalue weighted by atomic mass is 16.5. The number of nitrogens with one attached hydrogen (secondary N) is 1. The average molecular weight is 199 g/mol. The molecule has 82 valence electrons. The number of carbonyl (C=O) groups excluding carboxylic acids is 1. The zero-order valence-electron chi connectivity index (χ0n) is 9.38. The van der Waals surface area contributed by atoms with Gasteiger partial charge in [-0.25, -0.2) is 0 Å². The van der Waals surface area contributed by atoms with Crippen LogP contribution in [0, 0.1) is 5.92 Å². The molecule has 1 aliphatic heterocycles. The predicted octanol–water partition coefficient (Wildman–Crippen LogP) is 1.72. The second-order valence-corrected chi connectivity index (χ2v) is 4.55. The molecule has 0 aromatic carbocycles. The van der Waals surface area contributed by atoms with Crippen molar-refractivity contribution in [2.75, 3.05) is 6.54 Å². The van der Waals surface area contributed by atoms with E-state index in [1.54, 1.807) is 0 Å². The molecule has 1 amide bonds. The van der Waals surface area contributed by atoms with E-state index in [1.807, 2.05) is 13.8 Å². The molecular formula is C11H21NO2. The van der Waals surface area contributed by atoms with Gasteiger partial charge < -0.3 is 10.1 Å². The fourth-order valence-corrected chi connectivity index (χ4v) is 1.71. The zero-order valence-corrected chi connectivity index (χ0v) is 9.38. The van der Waals surface area contributed by atoms with Crippen LogP contribution >= 0.6 is 0 Å². The van der Waals surface area contributed by atoms with Crippen molar-refractivity contribution in [3.8, 4) is 0 Å². The summed E-state index contributed by atoms with van der Waals surface area (Å²) in [7, 11) is 0. The van der Waals surface area contributed by atoms with Gasteiger partial charge >= 0.3 is 0 Å². The van der Waals surface area contributed by atoms with Crippen molar-refractivity contribution in [1.29, 1.82) is 0 Å². The number of hydrogen-bond donors (Lipinski definition) is 1. The van der Waals surface area contributed by atoms with Gasteiger partial charge in [-0.15, -0.1) is 0 Å². The lowest BCUT2D eigenvalue weighted by molar-refractivity contribution is -0.122. The van der Waals surface area contributed by atoms with E-state index in [0.29, 0.717) is 25.0 Å². The van der Waals surface area contributed by atoms with Crippen molar-refractivity contribution in [3.05, 3.63) is 0 Å². The van der Waals surface area contributed by atoms with Gasteiger partial charge in [0.1, 0.15) is 0 Å². The third kappa shape index (κ3) is 4.09. The van der Waals surface area contributed by atoms with Gasteiger partial charge in [0.05, 0.1) is 12.2 Å². The molecule has 1 fully saturated rings. The van der Waals surface area contributed by atoms with Gasteiger partial charge in [-0.1, -0.05) is 13.8 Å². The number of carbonyl (C=O) groups is 1. The standard InChI is InChI=1S/C11H21NO2/c1-8(2)6-11(13)12-7-10-5-4-9(3)14-10/h8-10H,4-7H2,1-3H3,(H,12,13). The molecule has 0 saturated carbocycles. The molecule has 3 heteroatoms. The van der Waals surface area contributed by atoms with Crippen molar-refractivity contribution in [3.63, 3.8) is 0 Å². The molecule has 0 aliphatic carbocycles. The van der Waals surface area contributed by atoms with Crippen LogP contribution in [-0.4, -0.2) is 24.7 Å². The van der Waals surface area contributed by atoms with Gasteiger partial charge in [0.15, 0.2) is 0 Å². The summed E-state index contributed by atoms with van der Waals surface area (Å²) in [5.74, 6) is 0.571. The SMILES string of the molecule is CC(C)CC(=O)NCC1CCC(C)O1. The molecule has 0 aromatic rings. The topological polar surface area (TPSA) is 38.3 Å². The third-order valence-electron chi connectivity index (χ3n) is 2.44. The van der Waals surface area contributed by atoms with Crippen molar-refractivity contribution < 1.29 is 9.53 Å². The first-order valence-corrected chi connectivity index (χ1v) is 5.50. The Labute approximate surface area is 86.2 Å². The number of rotatable bonds is 4. The van der Waals surface area contributed by atoms with E-state index < -0.39 is 0 Å². The summed E-state index contributed by atoms with van der Waals surface area (Å²) >= 11 is 0. The molecule has 2 unspecified atom stereocenters. The number of ether oxygens (including phenoxy) is 1. The smallest absolute Gasteiger partial charge is 0.220 e. The van der Waals surface area contributed by atoms with Crippen LogP contribution in [0.4, 0.5) is 0 Å². The van der Waals surface area contributed by atoms with E-state index in [4.69, 9.17) is 4.74 Å². The van der Waals surface area contributed by atoms with E-state index in [0.717, 1.165) is 12.8 Å². The molecular weight excluding hydrogens is 178 g/mol. The Morgan fingerprint density at radius 3 is 2.71 bits per heavy atom. The van der Waals surface area contributed by atoms with Gasteiger partial charge in [-0.2, -0.15) is 0 Å². The van der Waals surface area contributed by atoms with E-state index >= 15 is 0 Å². The minimum absolute atomic E-state index is 0.142. The fraction of sp³-hybridized carbons (Fsp3) is 0.909. The van der Waals surface area contributed by atoms with Crippen molar-refractivity contribution >= 4 is 5.91 Å². The van der Waals surface area contributed by atoms with E-state index in [1.165, 1.54) is 0 Å². The van der Waals surface area contributed by atoms with Crippen LogP contribution < -0.4 is 5.32 Å². The van der Waals surface area contributed by atoms with E-state index in [2.05, 4.69) is 12.2 Å². The molecule has 0 aromatic heterocycles. The Balaban J connectivity index is 2.11. The summed E-state index contributed by atoms with van der Waals surface area (Å²) in [6, 6.07) is 0. The number of amides is 1. The molecule has 0 spiro atoms. The van der Waals surface area contributed by atoms with Gasteiger partial charge in [0.2, 0.25) is 5.91 Å². The maximum Gasteiger partial charge on any atom is 0.220 e. The van der Waals surface area contributed by atoms with Gasteiger partial charge in [0, 0.05) is 13.0 Å². The first-order chi connectivity index (χ1) is 6.58. The third-order valence-corrected chi connectivity index (χ3v) is 2.44. The molecule has 2 atom stereocenters. The molecule has 1 saturated heterocycles. The van der Waals surface area contributed by atoms with Gasteiger partial charge in [-0.3, -0.25) is 4.79 Å². The summed E-state index contributed by atoms with van der Waals surface area (Å²) in [5, 5.41) is 2.91. The van der Waals surface area contributed by atoms with Gasteiger partial charge in [0.25, 0.3) is 0 Å². The summed E-state index contributed by atoms with van der Waals surface area (Å²) in [5.41, 5.74) is 0. The lowest BCUT2D eigenvalue weighted by Crippen LogP contribution is -2.32. The Morgan fingerprint density at radius 2 is 2.21 bits per heavy atom. The second kappa shape index (κ2) is 5.35. The Kier molecular flexibility index (Phi) is 4.39. The molecule has 1 heterocycles. The molecule has 1 aliphatic rings. The molecule has 1 rings (SSSR count). The Hall–Kier alpha value is -0.570. The minimum Gasteiger partial charge on any atom is -0.373 e. The van der Waals surface area contributed by atoms with Crippen molar-refractivity contribution in [1.82, 2.24) is 5.32 Å². The maximum atomic E-state index is 11.3. The summed E-state index contributed by atoms with van der Waals surface area (Å²) < 4.78 is 5.60. The lowest BCUT2D eigenvalue weighted by Gasteiger charge is -2.12. The molecule has 3 nitrogen and oxygen atoms in total. The molecule has 1 N–H and O–H groups in total. The highest BCUT2D eigenvalue weighted by Gasteiger charge is 2.21. The minimum atomic E-state index is 0.142. The van der Waals surface area contributed by atoms with Crippen LogP contribution in [-0.2, 0) is 9.53 Å². The summed E-state index contributed by atoms with van der Waals surface area (Å²) in [6.07, 6.45) is 3.40. The van der Waals surface area contributed by atoms with Crippen LogP contribution in [0.1, 0.15) is 40.0 Å². The zero-order chi connectivity index (χ0) is 10.6. The fourth-order valence-electron chi connectivity index (χ4n) is 1.71. The van der Waals surface area contributed by atoms with Crippen LogP contribution in [0.15, 0.2) is 0 Å². The number of hydrogen-bond acceptors (Lipinski definition) is 2. The van der Waals surface area contributed by atoms with Gasteiger partial charge in [-0.05, 0) is 25.7 Å². The Morgan fingerprint density at radius 1 is 1.50 bits per heavy atom. The summed E-state index contributed by atoms with van der Waals surface area (Å²) in [4.78, 5) is 11.3. The monoisotopic (exact) mass is 199 g/mol. The average Bonchev–Trinajstić information content (AvgIpc) is 2.47. The van der Waals surface area contributed by atoms with E-state index in [9.17, 15) is 4.79 Å². The first-order valence-electron chi connectivity index (χ1n) is 5.50. The van der Waals surface area contributed by atoms with Crippen LogP contribution in [0.25, 0.3) is 0 Å². The lowest BCUT2D eigenvalue weighted by atomic mass is 10.1. The maximum absolute atomic E-state index is 11.3. The molecule has 0 bridgehead atoms. The second-order valence-electron chi connectivity index (χ2n) is 4.55. The van der Waals surface area contributed by atoms with Crippen molar-refractivity contribution in [2.24, 2.45) is 5.92 Å². The van der Waals surface area contributed by atoms with Crippen molar-refractivity contribution in [2.45, 2.75) is 52.2 Å².